The standard InChI is InChI=1S/C25H24ClF3N4O6/c1-4-37-23(35)21(13(2)3)32-22(34)20-12-18(33-39-20)14-5-7-15(8-6-14)30-24(36)31-16-9-10-19(17(26)11-16)38-25(27,28)29/h5-13,21H,4H2,1-3H3,(H,32,34)(H2,30,31,36). The summed E-state index contributed by atoms with van der Waals surface area (Å²) < 4.78 is 51.0. The fraction of sp³-hybridized carbons (Fsp3) is 0.280. The predicted octanol–water partition coefficient (Wildman–Crippen LogP) is 5.86. The Morgan fingerprint density at radius 3 is 2.26 bits per heavy atom. The fourth-order valence-corrected chi connectivity index (χ4v) is 3.48. The van der Waals surface area contributed by atoms with Crippen molar-refractivity contribution in [1.82, 2.24) is 10.5 Å². The molecule has 3 aromatic rings. The predicted molar refractivity (Wildman–Crippen MR) is 135 cm³/mol. The molecular weight excluding hydrogens is 545 g/mol. The van der Waals surface area contributed by atoms with Gasteiger partial charge in [-0.1, -0.05) is 42.7 Å². The monoisotopic (exact) mass is 568 g/mol. The molecule has 14 heteroatoms. The van der Waals surface area contributed by atoms with E-state index in [1.807, 2.05) is 0 Å². The van der Waals surface area contributed by atoms with Crippen LogP contribution in [-0.4, -0.2) is 42.1 Å². The molecule has 0 spiro atoms. The molecule has 0 saturated carbocycles. The van der Waals surface area contributed by atoms with E-state index in [2.05, 4.69) is 25.8 Å². The van der Waals surface area contributed by atoms with Crippen molar-refractivity contribution >= 4 is 40.9 Å². The zero-order chi connectivity index (χ0) is 28.7. The summed E-state index contributed by atoms with van der Waals surface area (Å²) in [5, 5.41) is 11.1. The van der Waals surface area contributed by atoms with E-state index < -0.39 is 36.1 Å². The van der Waals surface area contributed by atoms with Crippen molar-refractivity contribution in [2.75, 3.05) is 17.2 Å². The largest absolute Gasteiger partial charge is 0.573 e. The van der Waals surface area contributed by atoms with Crippen LogP contribution in [0.3, 0.4) is 0 Å². The Bertz CT molecular complexity index is 1330. The summed E-state index contributed by atoms with van der Waals surface area (Å²) >= 11 is 5.79. The molecule has 0 aliphatic heterocycles. The van der Waals surface area contributed by atoms with Crippen molar-refractivity contribution in [3.05, 3.63) is 59.3 Å². The lowest BCUT2D eigenvalue weighted by Gasteiger charge is -2.19. The molecule has 1 unspecified atom stereocenters. The number of urea groups is 1. The van der Waals surface area contributed by atoms with Gasteiger partial charge in [0, 0.05) is 23.0 Å². The Morgan fingerprint density at radius 2 is 1.67 bits per heavy atom. The van der Waals surface area contributed by atoms with Crippen molar-refractivity contribution in [3.63, 3.8) is 0 Å². The highest BCUT2D eigenvalue weighted by Gasteiger charge is 2.32. The number of amides is 3. The zero-order valence-corrected chi connectivity index (χ0v) is 21.6. The average molecular weight is 569 g/mol. The maximum atomic E-state index is 12.6. The van der Waals surface area contributed by atoms with Gasteiger partial charge >= 0.3 is 18.4 Å². The molecule has 0 aliphatic rings. The van der Waals surface area contributed by atoms with Gasteiger partial charge in [-0.2, -0.15) is 0 Å². The molecule has 2 aromatic carbocycles. The van der Waals surface area contributed by atoms with E-state index in [1.165, 1.54) is 12.1 Å². The van der Waals surface area contributed by atoms with E-state index in [4.69, 9.17) is 20.9 Å². The van der Waals surface area contributed by atoms with E-state index in [1.54, 1.807) is 45.0 Å². The lowest BCUT2D eigenvalue weighted by atomic mass is 10.0. The van der Waals surface area contributed by atoms with Gasteiger partial charge in [0.25, 0.3) is 5.91 Å². The number of alkyl halides is 3. The molecule has 3 N–H and O–H groups in total. The molecule has 1 aromatic heterocycles. The number of nitrogens with zero attached hydrogens (tertiary/aromatic N) is 1. The summed E-state index contributed by atoms with van der Waals surface area (Å²) in [4.78, 5) is 36.9. The zero-order valence-electron chi connectivity index (χ0n) is 20.9. The van der Waals surface area contributed by atoms with Crippen LogP contribution < -0.4 is 20.7 Å². The first-order valence-electron chi connectivity index (χ1n) is 11.5. The third-order valence-corrected chi connectivity index (χ3v) is 5.38. The number of benzene rings is 2. The second-order valence-electron chi connectivity index (χ2n) is 8.37. The highest BCUT2D eigenvalue weighted by atomic mass is 35.5. The summed E-state index contributed by atoms with van der Waals surface area (Å²) in [5.74, 6) is -2.10. The highest BCUT2D eigenvalue weighted by Crippen LogP contribution is 2.32. The number of esters is 1. The number of ether oxygens (including phenoxy) is 2. The molecule has 10 nitrogen and oxygen atoms in total. The molecule has 39 heavy (non-hydrogen) atoms. The van der Waals surface area contributed by atoms with Crippen LogP contribution in [0.5, 0.6) is 5.75 Å². The number of carbonyl (C=O) groups excluding carboxylic acids is 3. The summed E-state index contributed by atoms with van der Waals surface area (Å²) in [6.07, 6.45) is -4.90. The van der Waals surface area contributed by atoms with Crippen LogP contribution in [0.2, 0.25) is 5.02 Å². The van der Waals surface area contributed by atoms with Crippen LogP contribution >= 0.6 is 11.6 Å². The third kappa shape index (κ3) is 8.37. The molecule has 0 fully saturated rings. The number of anilines is 2. The number of carbonyl (C=O) groups is 3. The van der Waals surface area contributed by atoms with Crippen LogP contribution in [0.15, 0.2) is 53.1 Å². The molecule has 3 rings (SSSR count). The van der Waals surface area contributed by atoms with Gasteiger partial charge in [-0.25, -0.2) is 9.59 Å². The van der Waals surface area contributed by atoms with Gasteiger partial charge in [-0.15, -0.1) is 13.2 Å². The third-order valence-electron chi connectivity index (χ3n) is 5.08. The SMILES string of the molecule is CCOC(=O)C(NC(=O)c1cc(-c2ccc(NC(=O)Nc3ccc(OC(F)(F)F)c(Cl)c3)cc2)no1)C(C)C. The molecule has 0 bridgehead atoms. The summed E-state index contributed by atoms with van der Waals surface area (Å²) in [6.45, 7) is 5.38. The Labute approximate surface area is 225 Å². The summed E-state index contributed by atoms with van der Waals surface area (Å²) in [7, 11) is 0. The average Bonchev–Trinajstić information content (AvgIpc) is 3.34. The van der Waals surface area contributed by atoms with Crippen molar-refractivity contribution < 1.29 is 41.6 Å². The number of aromatic nitrogens is 1. The Morgan fingerprint density at radius 1 is 1.03 bits per heavy atom. The van der Waals surface area contributed by atoms with E-state index in [0.29, 0.717) is 16.9 Å². The fourth-order valence-electron chi connectivity index (χ4n) is 3.26. The Hall–Kier alpha value is -4.26. The van der Waals surface area contributed by atoms with Gasteiger partial charge in [0.05, 0.1) is 11.6 Å². The Kier molecular flexibility index (Phi) is 9.41. The second kappa shape index (κ2) is 12.5. The summed E-state index contributed by atoms with van der Waals surface area (Å²) in [5.41, 5.74) is 1.43. The van der Waals surface area contributed by atoms with Gasteiger partial charge in [0.15, 0.2) is 0 Å². The van der Waals surface area contributed by atoms with Crippen molar-refractivity contribution in [2.24, 2.45) is 5.92 Å². The van der Waals surface area contributed by atoms with Gasteiger partial charge in [0.2, 0.25) is 5.76 Å². The maximum absolute atomic E-state index is 12.6. The van der Waals surface area contributed by atoms with E-state index in [9.17, 15) is 27.6 Å². The van der Waals surface area contributed by atoms with Gasteiger partial charge in [0.1, 0.15) is 17.5 Å². The minimum atomic E-state index is -4.90. The maximum Gasteiger partial charge on any atom is 0.573 e. The number of hydrogen-bond donors (Lipinski definition) is 3. The number of rotatable bonds is 9. The first-order valence-corrected chi connectivity index (χ1v) is 11.9. The van der Waals surface area contributed by atoms with Crippen LogP contribution in [-0.2, 0) is 9.53 Å². The number of halogens is 4. The smallest absolute Gasteiger partial charge is 0.464 e. The van der Waals surface area contributed by atoms with Gasteiger partial charge in [-0.05, 0) is 43.2 Å². The molecule has 0 saturated heterocycles. The molecule has 0 aliphatic carbocycles. The van der Waals surface area contributed by atoms with Gasteiger partial charge in [-0.3, -0.25) is 4.79 Å². The van der Waals surface area contributed by atoms with Crippen molar-refractivity contribution in [2.45, 2.75) is 33.2 Å². The van der Waals surface area contributed by atoms with E-state index in [-0.39, 0.29) is 29.0 Å². The molecule has 3 amide bonds. The minimum absolute atomic E-state index is 0.105. The molecule has 208 valence electrons. The minimum Gasteiger partial charge on any atom is -0.464 e. The molecule has 1 atom stereocenters. The van der Waals surface area contributed by atoms with E-state index >= 15 is 0 Å². The number of hydrogen-bond acceptors (Lipinski definition) is 7. The van der Waals surface area contributed by atoms with Crippen molar-refractivity contribution in [3.8, 4) is 17.0 Å². The lowest BCUT2D eigenvalue weighted by Crippen LogP contribution is -2.45. The highest BCUT2D eigenvalue weighted by molar-refractivity contribution is 6.32. The van der Waals surface area contributed by atoms with Crippen LogP contribution in [0.4, 0.5) is 29.3 Å². The second-order valence-corrected chi connectivity index (χ2v) is 8.78. The quantitative estimate of drug-likeness (QED) is 0.276. The number of nitrogens with one attached hydrogen (secondary N) is 3. The van der Waals surface area contributed by atoms with Crippen LogP contribution in [0.25, 0.3) is 11.3 Å². The molecule has 1 heterocycles. The Balaban J connectivity index is 1.60. The van der Waals surface area contributed by atoms with E-state index in [0.717, 1.165) is 12.1 Å². The van der Waals surface area contributed by atoms with Crippen molar-refractivity contribution in [1.29, 1.82) is 0 Å². The molecular formula is C25H24ClF3N4O6. The summed E-state index contributed by atoms with van der Waals surface area (Å²) in [6, 6.07) is 9.52. The van der Waals surface area contributed by atoms with Gasteiger partial charge < -0.3 is 29.9 Å². The first kappa shape index (κ1) is 29.3. The normalized spacial score (nSPS) is 12.0. The van der Waals surface area contributed by atoms with Crippen LogP contribution in [0.1, 0.15) is 31.3 Å². The topological polar surface area (TPSA) is 132 Å². The van der Waals surface area contributed by atoms with Crippen LogP contribution in [0, 0.1) is 5.92 Å². The lowest BCUT2D eigenvalue weighted by molar-refractivity contribution is -0.274. The first-order chi connectivity index (χ1) is 18.4. The molecule has 0 radical (unpaired) electrons.